The number of thioether (sulfide) groups is 1. The van der Waals surface area contributed by atoms with Crippen LogP contribution in [0.15, 0.2) is 58.9 Å². The summed E-state index contributed by atoms with van der Waals surface area (Å²) in [6.07, 6.45) is 2.16. The standard InChI is InChI=1S/C25H25ClN4O3S/c1-3-33-20-12-11-15(13-21(20)32-2)23-22-18(9-6-10-19(22)31)27-24-28-25(29-30(23)24)34-14-16-7-4-5-8-17(16)26/h4-5,7-8,11-13,23H,3,6,9-10,14H2,1-2H3,(H,27,28,29). The van der Waals surface area contributed by atoms with Crippen molar-refractivity contribution in [2.24, 2.45) is 0 Å². The molecule has 1 aliphatic heterocycles. The number of aromatic nitrogens is 3. The van der Waals surface area contributed by atoms with E-state index in [2.05, 4.69) is 5.32 Å². The molecule has 34 heavy (non-hydrogen) atoms. The number of carbonyl (C=O) groups excluding carboxylic acids is 1. The van der Waals surface area contributed by atoms with Crippen LogP contribution in [0.4, 0.5) is 5.95 Å². The van der Waals surface area contributed by atoms with Gasteiger partial charge in [0.1, 0.15) is 6.04 Å². The van der Waals surface area contributed by atoms with Crippen molar-refractivity contribution in [3.05, 3.63) is 69.9 Å². The smallest absolute Gasteiger partial charge is 0.227 e. The van der Waals surface area contributed by atoms with Gasteiger partial charge in [-0.2, -0.15) is 4.98 Å². The minimum atomic E-state index is -0.384. The Hall–Kier alpha value is -2.97. The Morgan fingerprint density at radius 3 is 2.85 bits per heavy atom. The molecule has 5 rings (SSSR count). The third-order valence-corrected chi connectivity index (χ3v) is 7.22. The number of methoxy groups -OCH3 is 1. The van der Waals surface area contributed by atoms with Gasteiger partial charge in [0.15, 0.2) is 17.3 Å². The van der Waals surface area contributed by atoms with Crippen molar-refractivity contribution < 1.29 is 14.3 Å². The molecule has 1 aliphatic carbocycles. The number of fused-ring (bicyclic) bond motifs is 1. The number of Topliss-reactive ketones (excluding diaryl/α,β-unsaturated/α-hetero) is 1. The van der Waals surface area contributed by atoms with Crippen LogP contribution in [0.25, 0.3) is 0 Å². The molecule has 0 spiro atoms. The number of nitrogens with zero attached hydrogens (tertiary/aromatic N) is 3. The quantitative estimate of drug-likeness (QED) is 0.423. The lowest BCUT2D eigenvalue weighted by Crippen LogP contribution is -2.31. The molecule has 1 atom stereocenters. The Morgan fingerprint density at radius 1 is 1.21 bits per heavy atom. The van der Waals surface area contributed by atoms with Crippen LogP contribution in [0.3, 0.4) is 0 Å². The van der Waals surface area contributed by atoms with Gasteiger partial charge in [0, 0.05) is 28.5 Å². The van der Waals surface area contributed by atoms with E-state index in [-0.39, 0.29) is 11.8 Å². The van der Waals surface area contributed by atoms with Crippen molar-refractivity contribution in [1.29, 1.82) is 0 Å². The number of hydrogen-bond donors (Lipinski definition) is 1. The minimum Gasteiger partial charge on any atom is -0.493 e. The van der Waals surface area contributed by atoms with E-state index < -0.39 is 0 Å². The van der Waals surface area contributed by atoms with Crippen molar-refractivity contribution >= 4 is 35.1 Å². The first-order valence-electron chi connectivity index (χ1n) is 11.3. The first-order chi connectivity index (χ1) is 16.6. The molecule has 3 aromatic rings. The number of ketones is 1. The van der Waals surface area contributed by atoms with E-state index >= 15 is 0 Å². The maximum atomic E-state index is 13.1. The molecule has 9 heteroatoms. The predicted molar refractivity (Wildman–Crippen MR) is 133 cm³/mol. The van der Waals surface area contributed by atoms with Crippen LogP contribution in [0.2, 0.25) is 5.02 Å². The van der Waals surface area contributed by atoms with Gasteiger partial charge in [-0.05, 0) is 49.1 Å². The fourth-order valence-corrected chi connectivity index (χ4v) is 5.51. The fourth-order valence-electron chi connectivity index (χ4n) is 4.39. The van der Waals surface area contributed by atoms with Gasteiger partial charge in [-0.15, -0.1) is 5.10 Å². The van der Waals surface area contributed by atoms with Crippen molar-refractivity contribution in [3.63, 3.8) is 0 Å². The summed E-state index contributed by atoms with van der Waals surface area (Å²) in [5.74, 6) is 2.71. The van der Waals surface area contributed by atoms with E-state index in [1.165, 1.54) is 11.8 Å². The molecule has 7 nitrogen and oxygen atoms in total. The molecule has 2 heterocycles. The summed E-state index contributed by atoms with van der Waals surface area (Å²) in [5, 5.41) is 9.51. The number of rotatable bonds is 7. The van der Waals surface area contributed by atoms with E-state index in [1.807, 2.05) is 54.1 Å². The SMILES string of the molecule is CCOc1ccc(C2C3=C(CCCC3=O)Nc3nc(SCc4ccccc4Cl)nn32)cc1OC. The highest BCUT2D eigenvalue weighted by atomic mass is 35.5. The Balaban J connectivity index is 1.53. The summed E-state index contributed by atoms with van der Waals surface area (Å²) in [7, 11) is 1.62. The van der Waals surface area contributed by atoms with Gasteiger partial charge < -0.3 is 14.8 Å². The van der Waals surface area contributed by atoms with Crippen molar-refractivity contribution in [1.82, 2.24) is 14.8 Å². The van der Waals surface area contributed by atoms with Gasteiger partial charge in [-0.25, -0.2) is 4.68 Å². The van der Waals surface area contributed by atoms with Gasteiger partial charge in [0.25, 0.3) is 0 Å². The molecule has 0 bridgehead atoms. The zero-order chi connectivity index (χ0) is 23.7. The minimum absolute atomic E-state index is 0.137. The van der Waals surface area contributed by atoms with Gasteiger partial charge in [-0.1, -0.05) is 47.6 Å². The number of halogens is 1. The molecular formula is C25H25ClN4O3S. The summed E-state index contributed by atoms with van der Waals surface area (Å²) in [6.45, 7) is 2.47. The fraction of sp³-hybridized carbons (Fsp3) is 0.320. The molecule has 0 saturated heterocycles. The maximum Gasteiger partial charge on any atom is 0.227 e. The lowest BCUT2D eigenvalue weighted by atomic mass is 9.85. The second-order valence-corrected chi connectivity index (χ2v) is 9.43. The van der Waals surface area contributed by atoms with Crippen LogP contribution >= 0.6 is 23.4 Å². The normalized spacial score (nSPS) is 17.1. The Kier molecular flexibility index (Phi) is 6.52. The van der Waals surface area contributed by atoms with Crippen LogP contribution < -0.4 is 14.8 Å². The first-order valence-corrected chi connectivity index (χ1v) is 12.6. The molecule has 0 amide bonds. The summed E-state index contributed by atoms with van der Waals surface area (Å²) in [4.78, 5) is 17.8. The third kappa shape index (κ3) is 4.28. The van der Waals surface area contributed by atoms with Crippen LogP contribution in [-0.2, 0) is 10.5 Å². The second-order valence-electron chi connectivity index (χ2n) is 8.08. The van der Waals surface area contributed by atoms with Crippen molar-refractivity contribution in [2.45, 2.75) is 43.1 Å². The number of nitrogens with one attached hydrogen (secondary N) is 1. The third-order valence-electron chi connectivity index (χ3n) is 5.97. The van der Waals surface area contributed by atoms with Gasteiger partial charge in [0.2, 0.25) is 11.1 Å². The summed E-state index contributed by atoms with van der Waals surface area (Å²) < 4.78 is 13.1. The highest BCUT2D eigenvalue weighted by molar-refractivity contribution is 7.98. The monoisotopic (exact) mass is 496 g/mol. The highest BCUT2D eigenvalue weighted by Crippen LogP contribution is 2.42. The summed E-state index contributed by atoms with van der Waals surface area (Å²) in [5.41, 5.74) is 3.60. The summed E-state index contributed by atoms with van der Waals surface area (Å²) >= 11 is 7.83. The Labute approximate surface area is 207 Å². The highest BCUT2D eigenvalue weighted by Gasteiger charge is 2.37. The van der Waals surface area contributed by atoms with Crippen LogP contribution in [0.1, 0.15) is 43.4 Å². The number of benzene rings is 2. The number of carbonyl (C=O) groups is 1. The number of anilines is 1. The molecule has 1 aromatic heterocycles. The van der Waals surface area contributed by atoms with Crippen LogP contribution in [0, 0.1) is 0 Å². The molecule has 2 aromatic carbocycles. The second kappa shape index (κ2) is 9.72. The first kappa shape index (κ1) is 22.8. The van der Waals surface area contributed by atoms with Gasteiger partial charge in [0.05, 0.1) is 13.7 Å². The molecule has 0 fully saturated rings. The number of allylic oxidation sites excluding steroid dienone is 2. The maximum absolute atomic E-state index is 13.1. The zero-order valence-electron chi connectivity index (χ0n) is 19.0. The summed E-state index contributed by atoms with van der Waals surface area (Å²) in [6, 6.07) is 13.2. The van der Waals surface area contributed by atoms with E-state index in [9.17, 15) is 4.79 Å². The molecule has 1 N–H and O–H groups in total. The average molecular weight is 497 g/mol. The molecule has 2 aliphatic rings. The molecular weight excluding hydrogens is 472 g/mol. The number of ether oxygens (including phenoxy) is 2. The predicted octanol–water partition coefficient (Wildman–Crippen LogP) is 5.65. The lowest BCUT2D eigenvalue weighted by molar-refractivity contribution is -0.116. The Morgan fingerprint density at radius 2 is 2.06 bits per heavy atom. The van der Waals surface area contributed by atoms with E-state index in [0.29, 0.717) is 41.4 Å². The topological polar surface area (TPSA) is 78.3 Å². The Bertz CT molecular complexity index is 1270. The van der Waals surface area contributed by atoms with Crippen molar-refractivity contribution in [2.75, 3.05) is 19.0 Å². The molecule has 0 radical (unpaired) electrons. The average Bonchev–Trinajstić information content (AvgIpc) is 3.25. The van der Waals surface area contributed by atoms with Crippen LogP contribution in [-0.4, -0.2) is 34.3 Å². The largest absolute Gasteiger partial charge is 0.493 e. The van der Waals surface area contributed by atoms with Gasteiger partial charge in [-0.3, -0.25) is 4.79 Å². The van der Waals surface area contributed by atoms with Gasteiger partial charge >= 0.3 is 0 Å². The van der Waals surface area contributed by atoms with E-state index in [4.69, 9.17) is 31.2 Å². The number of hydrogen-bond acceptors (Lipinski definition) is 7. The van der Waals surface area contributed by atoms with Crippen molar-refractivity contribution in [3.8, 4) is 11.5 Å². The lowest BCUT2D eigenvalue weighted by Gasteiger charge is -2.32. The zero-order valence-corrected chi connectivity index (χ0v) is 20.6. The van der Waals surface area contributed by atoms with E-state index in [0.717, 1.165) is 40.3 Å². The molecule has 1 unspecified atom stereocenters. The van der Waals surface area contributed by atoms with E-state index in [1.54, 1.807) is 7.11 Å². The van der Waals surface area contributed by atoms with Crippen LogP contribution in [0.5, 0.6) is 11.5 Å². The molecule has 176 valence electrons. The molecule has 0 saturated carbocycles.